The first-order valence-electron chi connectivity index (χ1n) is 6.70. The Morgan fingerprint density at radius 3 is 3.05 bits per heavy atom. The van der Waals surface area contributed by atoms with E-state index in [9.17, 15) is 4.79 Å². The predicted octanol–water partition coefficient (Wildman–Crippen LogP) is 0.989. The summed E-state index contributed by atoms with van der Waals surface area (Å²) >= 11 is 0. The third-order valence-corrected chi connectivity index (χ3v) is 3.50. The van der Waals surface area contributed by atoms with Crippen LogP contribution in [0.2, 0.25) is 0 Å². The van der Waals surface area contributed by atoms with Crippen LogP contribution in [0.4, 0.5) is 0 Å². The number of fused-ring (bicyclic) bond motifs is 1. The minimum Gasteiger partial charge on any atom is -0.355 e. The van der Waals surface area contributed by atoms with E-state index >= 15 is 0 Å². The highest BCUT2D eigenvalue weighted by atomic mass is 16.1. The lowest BCUT2D eigenvalue weighted by atomic mass is 10.1. The van der Waals surface area contributed by atoms with Crippen LogP contribution in [0.15, 0.2) is 24.5 Å². The molecular formula is C14H18N4O. The van der Waals surface area contributed by atoms with Gasteiger partial charge in [0, 0.05) is 12.6 Å². The highest BCUT2D eigenvalue weighted by Crippen LogP contribution is 2.37. The van der Waals surface area contributed by atoms with Gasteiger partial charge in [-0.05, 0) is 37.0 Å². The van der Waals surface area contributed by atoms with E-state index in [1.54, 1.807) is 0 Å². The van der Waals surface area contributed by atoms with Crippen LogP contribution in [0.5, 0.6) is 0 Å². The quantitative estimate of drug-likeness (QED) is 0.840. The van der Waals surface area contributed by atoms with Crippen molar-refractivity contribution in [3.05, 3.63) is 30.1 Å². The van der Waals surface area contributed by atoms with Gasteiger partial charge in [0.25, 0.3) is 0 Å². The van der Waals surface area contributed by atoms with Crippen LogP contribution in [-0.4, -0.2) is 28.5 Å². The first-order chi connectivity index (χ1) is 9.28. The van der Waals surface area contributed by atoms with Gasteiger partial charge in [0.2, 0.25) is 5.91 Å². The lowest BCUT2D eigenvalue weighted by Crippen LogP contribution is -2.31. The number of nitrogens with zero attached hydrogens (tertiary/aromatic N) is 2. The van der Waals surface area contributed by atoms with Gasteiger partial charge in [-0.25, -0.2) is 4.98 Å². The summed E-state index contributed by atoms with van der Waals surface area (Å²) in [5.74, 6) is -0.112. The van der Waals surface area contributed by atoms with Crippen LogP contribution in [0.1, 0.15) is 24.4 Å². The van der Waals surface area contributed by atoms with Crippen LogP contribution in [0.25, 0.3) is 11.0 Å². The Hall–Kier alpha value is -1.88. The molecule has 0 radical (unpaired) electrons. The molecule has 2 aromatic rings. The third kappa shape index (κ3) is 2.61. The maximum Gasteiger partial charge on any atom is 0.233 e. The molecule has 1 fully saturated rings. The second kappa shape index (κ2) is 5.01. The van der Waals surface area contributed by atoms with E-state index < -0.39 is 0 Å². The van der Waals surface area contributed by atoms with Crippen molar-refractivity contribution in [2.45, 2.75) is 25.3 Å². The van der Waals surface area contributed by atoms with Gasteiger partial charge >= 0.3 is 0 Å². The number of amides is 1. The van der Waals surface area contributed by atoms with Crippen molar-refractivity contribution in [3.63, 3.8) is 0 Å². The molecule has 1 aromatic carbocycles. The lowest BCUT2D eigenvalue weighted by Gasteiger charge is -2.05. The van der Waals surface area contributed by atoms with Gasteiger partial charge in [0.15, 0.2) is 0 Å². The normalized spacial score (nSPS) is 14.8. The summed E-state index contributed by atoms with van der Waals surface area (Å²) in [7, 11) is 0. The molecule has 3 rings (SSSR count). The van der Waals surface area contributed by atoms with Crippen molar-refractivity contribution in [2.24, 2.45) is 5.73 Å². The van der Waals surface area contributed by atoms with Crippen LogP contribution >= 0.6 is 0 Å². The average molecular weight is 258 g/mol. The zero-order valence-corrected chi connectivity index (χ0v) is 10.8. The van der Waals surface area contributed by atoms with E-state index in [0.717, 1.165) is 11.9 Å². The minimum atomic E-state index is -0.112. The van der Waals surface area contributed by atoms with E-state index in [2.05, 4.69) is 33.1 Å². The maximum atomic E-state index is 11.0. The third-order valence-electron chi connectivity index (χ3n) is 3.50. The Balaban J connectivity index is 1.69. The molecule has 1 saturated carbocycles. The zero-order chi connectivity index (χ0) is 13.2. The van der Waals surface area contributed by atoms with E-state index in [1.165, 1.54) is 23.9 Å². The smallest absolute Gasteiger partial charge is 0.233 e. The number of nitrogens with one attached hydrogen (secondary N) is 1. The molecule has 0 bridgehead atoms. The summed E-state index contributed by atoms with van der Waals surface area (Å²) < 4.78 is 2.26. The molecule has 19 heavy (non-hydrogen) atoms. The minimum absolute atomic E-state index is 0.0465. The van der Waals surface area contributed by atoms with Gasteiger partial charge in [-0.1, -0.05) is 6.07 Å². The van der Waals surface area contributed by atoms with E-state index in [0.29, 0.717) is 12.6 Å². The number of aromatic nitrogens is 2. The highest BCUT2D eigenvalue weighted by Gasteiger charge is 2.24. The van der Waals surface area contributed by atoms with Crippen LogP contribution in [0, 0.1) is 0 Å². The monoisotopic (exact) mass is 258 g/mol. The molecule has 100 valence electrons. The highest BCUT2D eigenvalue weighted by molar-refractivity contribution is 5.78. The molecule has 1 amide bonds. The summed E-state index contributed by atoms with van der Waals surface area (Å²) in [4.78, 5) is 15.5. The Morgan fingerprint density at radius 1 is 1.47 bits per heavy atom. The van der Waals surface area contributed by atoms with Crippen molar-refractivity contribution in [1.82, 2.24) is 14.9 Å². The van der Waals surface area contributed by atoms with Gasteiger partial charge in [-0.3, -0.25) is 4.79 Å². The Kier molecular flexibility index (Phi) is 3.21. The van der Waals surface area contributed by atoms with Gasteiger partial charge < -0.3 is 15.6 Å². The van der Waals surface area contributed by atoms with Crippen molar-refractivity contribution in [3.8, 4) is 0 Å². The standard InChI is InChI=1S/C14H18N4O/c15-8-14(19)16-6-5-10-1-4-13-12(7-10)17-9-18(13)11-2-3-11/h1,4,7,9,11H,2-3,5-6,8,15H2,(H,16,19). The Bertz CT molecular complexity index is 601. The zero-order valence-electron chi connectivity index (χ0n) is 10.8. The molecule has 5 nitrogen and oxygen atoms in total. The number of hydrogen-bond donors (Lipinski definition) is 2. The fourth-order valence-electron chi connectivity index (χ4n) is 2.29. The fourth-order valence-corrected chi connectivity index (χ4v) is 2.29. The van der Waals surface area contributed by atoms with Gasteiger partial charge in [-0.15, -0.1) is 0 Å². The van der Waals surface area contributed by atoms with Crippen molar-refractivity contribution in [2.75, 3.05) is 13.1 Å². The molecule has 0 atom stereocenters. The number of benzene rings is 1. The first-order valence-corrected chi connectivity index (χ1v) is 6.70. The van der Waals surface area contributed by atoms with Crippen molar-refractivity contribution in [1.29, 1.82) is 0 Å². The molecule has 1 aromatic heterocycles. The Labute approximate surface area is 111 Å². The lowest BCUT2D eigenvalue weighted by molar-refractivity contribution is -0.119. The number of rotatable bonds is 5. The molecule has 5 heteroatoms. The molecule has 0 spiro atoms. The number of nitrogens with two attached hydrogens (primary N) is 1. The van der Waals surface area contributed by atoms with Crippen molar-refractivity contribution < 1.29 is 4.79 Å². The number of carbonyl (C=O) groups excluding carboxylic acids is 1. The van der Waals surface area contributed by atoms with Crippen LogP contribution in [-0.2, 0) is 11.2 Å². The summed E-state index contributed by atoms with van der Waals surface area (Å²) in [5.41, 5.74) is 8.67. The van der Waals surface area contributed by atoms with Gasteiger partial charge in [0.1, 0.15) is 0 Å². The van der Waals surface area contributed by atoms with Gasteiger partial charge in [0.05, 0.1) is 23.9 Å². The van der Waals surface area contributed by atoms with Crippen LogP contribution in [0.3, 0.4) is 0 Å². The SMILES string of the molecule is NCC(=O)NCCc1ccc2c(c1)ncn2C1CC1. The average Bonchev–Trinajstić information content (AvgIpc) is 3.18. The molecule has 1 aliphatic rings. The molecule has 0 unspecified atom stereocenters. The largest absolute Gasteiger partial charge is 0.355 e. The molecule has 3 N–H and O–H groups in total. The summed E-state index contributed by atoms with van der Waals surface area (Å²) in [6.07, 6.45) is 5.26. The predicted molar refractivity (Wildman–Crippen MR) is 73.8 cm³/mol. The number of imidazole rings is 1. The fraction of sp³-hybridized carbons (Fsp3) is 0.429. The molecule has 0 aliphatic heterocycles. The topological polar surface area (TPSA) is 72.9 Å². The summed E-state index contributed by atoms with van der Waals surface area (Å²) in [6.45, 7) is 0.662. The van der Waals surface area contributed by atoms with E-state index in [-0.39, 0.29) is 12.5 Å². The van der Waals surface area contributed by atoms with E-state index in [1.807, 2.05) is 6.33 Å². The van der Waals surface area contributed by atoms with Crippen LogP contribution < -0.4 is 11.1 Å². The Morgan fingerprint density at radius 2 is 2.32 bits per heavy atom. The van der Waals surface area contributed by atoms with Gasteiger partial charge in [-0.2, -0.15) is 0 Å². The van der Waals surface area contributed by atoms with E-state index in [4.69, 9.17) is 5.73 Å². The summed E-state index contributed by atoms with van der Waals surface area (Å²) in [5, 5.41) is 2.77. The molecule has 1 aliphatic carbocycles. The summed E-state index contributed by atoms with van der Waals surface area (Å²) in [6, 6.07) is 6.99. The first kappa shape index (κ1) is 12.2. The molecular weight excluding hydrogens is 240 g/mol. The molecule has 1 heterocycles. The molecule has 0 saturated heterocycles. The number of hydrogen-bond acceptors (Lipinski definition) is 3. The maximum absolute atomic E-state index is 11.0. The second-order valence-electron chi connectivity index (χ2n) is 5.01. The van der Waals surface area contributed by atoms with Crippen molar-refractivity contribution >= 4 is 16.9 Å². The number of carbonyl (C=O) groups is 1. The second-order valence-corrected chi connectivity index (χ2v) is 5.01.